The second-order valence-electron chi connectivity index (χ2n) is 3.76. The molecule has 19 heavy (non-hydrogen) atoms. The number of ether oxygens (including phenoxy) is 4. The first-order valence-corrected chi connectivity index (χ1v) is 5.81. The standard InChI is InChI=1S/C13H19NO5/c1-16-10-5-4-6-11(12(10)17-2)19-8-7-9(14)13(15)18-3/h4-6,9H,7-8,14H2,1-3H3. The topological polar surface area (TPSA) is 80.0 Å². The summed E-state index contributed by atoms with van der Waals surface area (Å²) < 4.78 is 20.5. The summed E-state index contributed by atoms with van der Waals surface area (Å²) in [6, 6.07) is 4.62. The second-order valence-corrected chi connectivity index (χ2v) is 3.76. The van der Waals surface area contributed by atoms with E-state index < -0.39 is 12.0 Å². The molecule has 1 atom stereocenters. The highest BCUT2D eigenvalue weighted by molar-refractivity contribution is 5.75. The van der Waals surface area contributed by atoms with Gasteiger partial charge in [0.1, 0.15) is 6.04 Å². The molecule has 0 aliphatic carbocycles. The summed E-state index contributed by atoms with van der Waals surface area (Å²) in [6.07, 6.45) is 0.354. The molecular formula is C13H19NO5. The second kappa shape index (κ2) is 7.48. The molecule has 1 unspecified atom stereocenters. The molecule has 0 aliphatic rings. The highest BCUT2D eigenvalue weighted by Gasteiger charge is 2.15. The lowest BCUT2D eigenvalue weighted by Crippen LogP contribution is -2.33. The largest absolute Gasteiger partial charge is 0.493 e. The average Bonchev–Trinajstić information content (AvgIpc) is 2.45. The van der Waals surface area contributed by atoms with Crippen LogP contribution >= 0.6 is 0 Å². The van der Waals surface area contributed by atoms with Crippen molar-refractivity contribution < 1.29 is 23.7 Å². The molecule has 0 radical (unpaired) electrons. The molecule has 0 fully saturated rings. The Balaban J connectivity index is 2.60. The van der Waals surface area contributed by atoms with Crippen LogP contribution in [0, 0.1) is 0 Å². The summed E-state index contributed by atoms with van der Waals surface area (Å²) in [4.78, 5) is 11.1. The smallest absolute Gasteiger partial charge is 0.322 e. The van der Waals surface area contributed by atoms with Gasteiger partial charge in [-0.15, -0.1) is 0 Å². The number of methoxy groups -OCH3 is 3. The number of carbonyl (C=O) groups is 1. The molecule has 6 heteroatoms. The highest BCUT2D eigenvalue weighted by atomic mass is 16.5. The predicted octanol–water partition coefficient (Wildman–Crippen LogP) is 0.973. The average molecular weight is 269 g/mol. The molecule has 0 heterocycles. The Bertz CT molecular complexity index is 421. The summed E-state index contributed by atoms with van der Waals surface area (Å²) in [5.74, 6) is 1.18. The lowest BCUT2D eigenvalue weighted by Gasteiger charge is -2.14. The lowest BCUT2D eigenvalue weighted by molar-refractivity contribution is -0.142. The van der Waals surface area contributed by atoms with Gasteiger partial charge in [-0.1, -0.05) is 6.07 Å². The Morgan fingerprint density at radius 1 is 1.21 bits per heavy atom. The van der Waals surface area contributed by atoms with Crippen LogP contribution in [-0.2, 0) is 9.53 Å². The normalized spacial score (nSPS) is 11.6. The van der Waals surface area contributed by atoms with Gasteiger partial charge in [-0.25, -0.2) is 0 Å². The van der Waals surface area contributed by atoms with Crippen LogP contribution in [0.3, 0.4) is 0 Å². The fourth-order valence-corrected chi connectivity index (χ4v) is 1.54. The van der Waals surface area contributed by atoms with E-state index in [9.17, 15) is 4.79 Å². The van der Waals surface area contributed by atoms with Crippen LogP contribution < -0.4 is 19.9 Å². The zero-order valence-corrected chi connectivity index (χ0v) is 11.3. The van der Waals surface area contributed by atoms with Gasteiger partial charge in [0.2, 0.25) is 5.75 Å². The van der Waals surface area contributed by atoms with Gasteiger partial charge in [-0.3, -0.25) is 4.79 Å². The maximum Gasteiger partial charge on any atom is 0.322 e. The summed E-state index contributed by atoms with van der Waals surface area (Å²) in [5.41, 5.74) is 5.61. The quantitative estimate of drug-likeness (QED) is 0.743. The summed E-state index contributed by atoms with van der Waals surface area (Å²) in [5, 5.41) is 0. The first-order chi connectivity index (χ1) is 9.13. The van der Waals surface area contributed by atoms with E-state index in [1.807, 2.05) is 0 Å². The number of para-hydroxylation sites is 1. The van der Waals surface area contributed by atoms with E-state index in [0.29, 0.717) is 23.7 Å². The van der Waals surface area contributed by atoms with Crippen molar-refractivity contribution in [1.82, 2.24) is 0 Å². The third kappa shape index (κ3) is 4.03. The van der Waals surface area contributed by atoms with E-state index in [4.69, 9.17) is 19.9 Å². The number of carbonyl (C=O) groups excluding carboxylic acids is 1. The van der Waals surface area contributed by atoms with Crippen LogP contribution in [0.25, 0.3) is 0 Å². The number of hydrogen-bond acceptors (Lipinski definition) is 6. The van der Waals surface area contributed by atoms with Crippen LogP contribution in [0.5, 0.6) is 17.2 Å². The number of benzene rings is 1. The molecular weight excluding hydrogens is 250 g/mol. The fraction of sp³-hybridized carbons (Fsp3) is 0.462. The van der Waals surface area contributed by atoms with Crippen LogP contribution in [-0.4, -0.2) is 39.9 Å². The van der Waals surface area contributed by atoms with Gasteiger partial charge in [0.25, 0.3) is 0 Å². The van der Waals surface area contributed by atoms with E-state index in [2.05, 4.69) is 4.74 Å². The van der Waals surface area contributed by atoms with Gasteiger partial charge in [0.15, 0.2) is 11.5 Å². The maximum absolute atomic E-state index is 11.1. The summed E-state index contributed by atoms with van der Waals surface area (Å²) in [6.45, 7) is 0.278. The molecule has 1 rings (SSSR count). The Kier molecular flexibility index (Phi) is 5.95. The molecule has 0 saturated carbocycles. The first kappa shape index (κ1) is 15.1. The van der Waals surface area contributed by atoms with Crippen LogP contribution in [0.1, 0.15) is 6.42 Å². The van der Waals surface area contributed by atoms with Crippen LogP contribution in [0.2, 0.25) is 0 Å². The zero-order chi connectivity index (χ0) is 14.3. The molecule has 0 spiro atoms. The minimum absolute atomic E-state index is 0.278. The molecule has 6 nitrogen and oxygen atoms in total. The van der Waals surface area contributed by atoms with Crippen molar-refractivity contribution in [2.75, 3.05) is 27.9 Å². The van der Waals surface area contributed by atoms with Crippen molar-refractivity contribution >= 4 is 5.97 Å². The first-order valence-electron chi connectivity index (χ1n) is 5.81. The van der Waals surface area contributed by atoms with E-state index in [1.54, 1.807) is 25.3 Å². The lowest BCUT2D eigenvalue weighted by atomic mass is 10.2. The maximum atomic E-state index is 11.1. The Hall–Kier alpha value is -1.95. The molecule has 106 valence electrons. The monoisotopic (exact) mass is 269 g/mol. The molecule has 1 aromatic rings. The third-order valence-corrected chi connectivity index (χ3v) is 2.56. The van der Waals surface area contributed by atoms with Crippen molar-refractivity contribution in [3.8, 4) is 17.2 Å². The number of rotatable bonds is 7. The van der Waals surface area contributed by atoms with Gasteiger partial charge >= 0.3 is 5.97 Å². The molecule has 0 bridgehead atoms. The highest BCUT2D eigenvalue weighted by Crippen LogP contribution is 2.36. The minimum atomic E-state index is -0.693. The van der Waals surface area contributed by atoms with Crippen molar-refractivity contribution in [2.45, 2.75) is 12.5 Å². The van der Waals surface area contributed by atoms with Crippen LogP contribution in [0.15, 0.2) is 18.2 Å². The molecule has 0 aliphatic heterocycles. The molecule has 2 N–H and O–H groups in total. The number of nitrogens with two attached hydrogens (primary N) is 1. The van der Waals surface area contributed by atoms with Crippen LogP contribution in [0.4, 0.5) is 0 Å². The Labute approximate surface area is 112 Å². The van der Waals surface area contributed by atoms with Gasteiger partial charge in [-0.05, 0) is 12.1 Å². The Morgan fingerprint density at radius 2 is 1.89 bits per heavy atom. The van der Waals surface area contributed by atoms with Gasteiger partial charge in [-0.2, -0.15) is 0 Å². The van der Waals surface area contributed by atoms with Crippen molar-refractivity contribution in [1.29, 1.82) is 0 Å². The van der Waals surface area contributed by atoms with E-state index in [1.165, 1.54) is 14.2 Å². The predicted molar refractivity (Wildman–Crippen MR) is 69.6 cm³/mol. The summed E-state index contributed by atoms with van der Waals surface area (Å²) in [7, 11) is 4.38. The van der Waals surface area contributed by atoms with Crippen molar-refractivity contribution in [3.05, 3.63) is 18.2 Å². The summed E-state index contributed by atoms with van der Waals surface area (Å²) >= 11 is 0. The zero-order valence-electron chi connectivity index (χ0n) is 11.3. The molecule has 0 saturated heterocycles. The van der Waals surface area contributed by atoms with Gasteiger partial charge < -0.3 is 24.7 Å². The van der Waals surface area contributed by atoms with Gasteiger partial charge in [0, 0.05) is 6.42 Å². The van der Waals surface area contributed by atoms with Crippen molar-refractivity contribution in [2.24, 2.45) is 5.73 Å². The molecule has 0 amide bonds. The van der Waals surface area contributed by atoms with E-state index in [0.717, 1.165) is 0 Å². The Morgan fingerprint density at radius 3 is 2.47 bits per heavy atom. The number of esters is 1. The fourth-order valence-electron chi connectivity index (χ4n) is 1.54. The molecule has 0 aromatic heterocycles. The number of hydrogen-bond donors (Lipinski definition) is 1. The van der Waals surface area contributed by atoms with Gasteiger partial charge in [0.05, 0.1) is 27.9 Å². The third-order valence-electron chi connectivity index (χ3n) is 2.56. The van der Waals surface area contributed by atoms with E-state index >= 15 is 0 Å². The SMILES string of the molecule is COC(=O)C(N)CCOc1cccc(OC)c1OC. The minimum Gasteiger partial charge on any atom is -0.493 e. The van der Waals surface area contributed by atoms with Crippen molar-refractivity contribution in [3.63, 3.8) is 0 Å². The van der Waals surface area contributed by atoms with E-state index in [-0.39, 0.29) is 6.61 Å². The molecule has 1 aromatic carbocycles.